The quantitative estimate of drug-likeness (QED) is 0.755. The third-order valence-electron chi connectivity index (χ3n) is 2.65. The molecule has 5 nitrogen and oxygen atoms in total. The predicted molar refractivity (Wildman–Crippen MR) is 53.2 cm³/mol. The Balaban J connectivity index is 2.09. The first-order valence-corrected chi connectivity index (χ1v) is 4.93. The van der Waals surface area contributed by atoms with Crippen molar-refractivity contribution >= 4 is 5.95 Å². The zero-order chi connectivity index (χ0) is 10.1. The molecule has 1 fully saturated rings. The van der Waals surface area contributed by atoms with E-state index in [4.69, 9.17) is 10.3 Å². The average molecular weight is 196 g/mol. The molecule has 0 radical (unpaired) electrons. The summed E-state index contributed by atoms with van der Waals surface area (Å²) in [6, 6.07) is 0.301. The molecule has 1 heterocycles. The van der Waals surface area contributed by atoms with E-state index < -0.39 is 0 Å². The van der Waals surface area contributed by atoms with Crippen LogP contribution in [0.15, 0.2) is 4.52 Å². The van der Waals surface area contributed by atoms with Gasteiger partial charge in [-0.1, -0.05) is 0 Å². The highest BCUT2D eigenvalue weighted by Gasteiger charge is 2.27. The van der Waals surface area contributed by atoms with Crippen LogP contribution in [0.25, 0.3) is 0 Å². The molecule has 0 amide bonds. The molecule has 0 aromatic carbocycles. The Labute approximate surface area is 83.3 Å². The molecule has 2 atom stereocenters. The minimum atomic E-state index is 0.301. The van der Waals surface area contributed by atoms with Crippen molar-refractivity contribution in [3.63, 3.8) is 0 Å². The van der Waals surface area contributed by atoms with Crippen LogP contribution in [0.2, 0.25) is 0 Å². The Morgan fingerprint density at radius 3 is 2.71 bits per heavy atom. The first kappa shape index (κ1) is 9.45. The lowest BCUT2D eigenvalue weighted by molar-refractivity contribution is 0.353. The highest BCUT2D eigenvalue weighted by molar-refractivity contribution is 5.24. The Bertz CT molecular complexity index is 310. The number of nitrogens with zero attached hydrogens (tertiary/aromatic N) is 3. The number of rotatable bonds is 2. The average Bonchev–Trinajstić information content (AvgIpc) is 2.70. The van der Waals surface area contributed by atoms with Gasteiger partial charge in [-0.2, -0.15) is 4.98 Å². The lowest BCUT2D eigenvalue weighted by atomic mass is 10.1. The van der Waals surface area contributed by atoms with Gasteiger partial charge in [0.2, 0.25) is 5.89 Å². The summed E-state index contributed by atoms with van der Waals surface area (Å²) in [4.78, 5) is 6.15. The van der Waals surface area contributed by atoms with E-state index in [1.807, 2.05) is 19.0 Å². The van der Waals surface area contributed by atoms with Gasteiger partial charge in [0, 0.05) is 26.1 Å². The number of aromatic nitrogens is 2. The fourth-order valence-electron chi connectivity index (χ4n) is 1.82. The van der Waals surface area contributed by atoms with Crippen LogP contribution >= 0.6 is 0 Å². The van der Waals surface area contributed by atoms with Gasteiger partial charge in [0.05, 0.1) is 0 Å². The molecule has 78 valence electrons. The molecular weight excluding hydrogens is 180 g/mol. The first-order chi connectivity index (χ1) is 6.66. The molecule has 0 saturated heterocycles. The summed E-state index contributed by atoms with van der Waals surface area (Å²) in [5, 5.41) is 3.88. The van der Waals surface area contributed by atoms with Crippen molar-refractivity contribution in [3.8, 4) is 0 Å². The van der Waals surface area contributed by atoms with Gasteiger partial charge in [0.1, 0.15) is 0 Å². The minimum Gasteiger partial charge on any atom is -0.344 e. The second-order valence-electron chi connectivity index (χ2n) is 4.10. The maximum Gasteiger partial charge on any atom is 0.265 e. The molecule has 0 spiro atoms. The van der Waals surface area contributed by atoms with E-state index in [9.17, 15) is 0 Å². The van der Waals surface area contributed by atoms with Gasteiger partial charge < -0.3 is 15.2 Å². The number of hydrogen-bond acceptors (Lipinski definition) is 5. The maximum atomic E-state index is 5.83. The molecule has 1 aromatic heterocycles. The zero-order valence-electron chi connectivity index (χ0n) is 8.60. The van der Waals surface area contributed by atoms with Gasteiger partial charge in [0.15, 0.2) is 0 Å². The van der Waals surface area contributed by atoms with Gasteiger partial charge in [-0.15, -0.1) is 0 Å². The second kappa shape index (κ2) is 3.57. The van der Waals surface area contributed by atoms with Crippen LogP contribution in [0.5, 0.6) is 0 Å². The smallest absolute Gasteiger partial charge is 0.265 e. The van der Waals surface area contributed by atoms with Crippen LogP contribution in [0.3, 0.4) is 0 Å². The highest BCUT2D eigenvalue weighted by atomic mass is 16.5. The van der Waals surface area contributed by atoms with Crippen molar-refractivity contribution in [1.82, 2.24) is 10.1 Å². The van der Waals surface area contributed by atoms with Crippen LogP contribution in [-0.4, -0.2) is 30.3 Å². The topological polar surface area (TPSA) is 68.2 Å². The largest absolute Gasteiger partial charge is 0.344 e. The van der Waals surface area contributed by atoms with Crippen LogP contribution in [0.1, 0.15) is 31.1 Å². The van der Waals surface area contributed by atoms with Gasteiger partial charge in [0.25, 0.3) is 5.95 Å². The summed E-state index contributed by atoms with van der Waals surface area (Å²) in [5.41, 5.74) is 5.83. The van der Waals surface area contributed by atoms with E-state index in [1.165, 1.54) is 0 Å². The van der Waals surface area contributed by atoms with Crippen molar-refractivity contribution in [2.45, 2.75) is 31.2 Å². The summed E-state index contributed by atoms with van der Waals surface area (Å²) < 4.78 is 5.20. The lowest BCUT2D eigenvalue weighted by Gasteiger charge is -2.04. The van der Waals surface area contributed by atoms with Gasteiger partial charge in [-0.3, -0.25) is 0 Å². The van der Waals surface area contributed by atoms with Gasteiger partial charge in [-0.05, 0) is 24.4 Å². The molecule has 1 aromatic rings. The van der Waals surface area contributed by atoms with Crippen molar-refractivity contribution in [2.75, 3.05) is 19.0 Å². The van der Waals surface area contributed by atoms with Gasteiger partial charge in [-0.25, -0.2) is 0 Å². The molecule has 1 aliphatic carbocycles. The third kappa shape index (κ3) is 1.72. The molecule has 5 heteroatoms. The van der Waals surface area contributed by atoms with Crippen LogP contribution < -0.4 is 10.6 Å². The number of anilines is 1. The summed E-state index contributed by atoms with van der Waals surface area (Å²) in [7, 11) is 3.80. The molecule has 14 heavy (non-hydrogen) atoms. The van der Waals surface area contributed by atoms with Crippen molar-refractivity contribution < 1.29 is 4.52 Å². The second-order valence-corrected chi connectivity index (χ2v) is 4.10. The summed E-state index contributed by atoms with van der Waals surface area (Å²) in [6.45, 7) is 0. The molecule has 1 saturated carbocycles. The Hall–Kier alpha value is -1.10. The van der Waals surface area contributed by atoms with E-state index in [0.717, 1.165) is 25.2 Å². The standard InChI is InChI=1S/C9H16N4O/c1-13(2)9-11-8(14-12-9)6-3-4-7(10)5-6/h6-7H,3-5,10H2,1-2H3/t6-,7+/m1/s1. The fourth-order valence-corrected chi connectivity index (χ4v) is 1.82. The van der Waals surface area contributed by atoms with E-state index in [0.29, 0.717) is 17.9 Å². The summed E-state index contributed by atoms with van der Waals surface area (Å²) in [5.74, 6) is 1.74. The number of hydrogen-bond donors (Lipinski definition) is 1. The third-order valence-corrected chi connectivity index (χ3v) is 2.65. The van der Waals surface area contributed by atoms with E-state index in [-0.39, 0.29) is 0 Å². The van der Waals surface area contributed by atoms with E-state index in [1.54, 1.807) is 0 Å². The summed E-state index contributed by atoms with van der Waals surface area (Å²) in [6.07, 6.45) is 3.09. The zero-order valence-corrected chi connectivity index (χ0v) is 8.60. The highest BCUT2D eigenvalue weighted by Crippen LogP contribution is 2.32. The number of nitrogens with two attached hydrogens (primary N) is 1. The fraction of sp³-hybridized carbons (Fsp3) is 0.778. The minimum absolute atomic E-state index is 0.301. The predicted octanol–water partition coefficient (Wildman–Crippen LogP) is 0.730. The molecule has 2 rings (SSSR count). The van der Waals surface area contributed by atoms with Crippen molar-refractivity contribution in [2.24, 2.45) is 5.73 Å². The Morgan fingerprint density at radius 1 is 1.43 bits per heavy atom. The Morgan fingerprint density at radius 2 is 2.21 bits per heavy atom. The maximum absolute atomic E-state index is 5.83. The van der Waals surface area contributed by atoms with Crippen LogP contribution in [0, 0.1) is 0 Å². The van der Waals surface area contributed by atoms with Gasteiger partial charge >= 0.3 is 0 Å². The van der Waals surface area contributed by atoms with E-state index in [2.05, 4.69) is 10.1 Å². The molecule has 2 N–H and O–H groups in total. The molecule has 1 aliphatic rings. The molecular formula is C9H16N4O. The van der Waals surface area contributed by atoms with E-state index >= 15 is 0 Å². The normalized spacial score (nSPS) is 26.8. The SMILES string of the molecule is CN(C)c1noc([C@@H]2CC[C@H](N)C2)n1. The van der Waals surface area contributed by atoms with Crippen molar-refractivity contribution in [1.29, 1.82) is 0 Å². The van der Waals surface area contributed by atoms with Crippen LogP contribution in [-0.2, 0) is 0 Å². The monoisotopic (exact) mass is 196 g/mol. The van der Waals surface area contributed by atoms with Crippen LogP contribution in [0.4, 0.5) is 5.95 Å². The Kier molecular flexibility index (Phi) is 2.41. The molecule has 0 aliphatic heterocycles. The van der Waals surface area contributed by atoms with Crippen molar-refractivity contribution in [3.05, 3.63) is 5.89 Å². The summed E-state index contributed by atoms with van der Waals surface area (Å²) >= 11 is 0. The molecule has 0 bridgehead atoms. The lowest BCUT2D eigenvalue weighted by Crippen LogP contribution is -2.14. The molecule has 0 unspecified atom stereocenters. The first-order valence-electron chi connectivity index (χ1n) is 4.93.